The Balaban J connectivity index is 1.92. The monoisotopic (exact) mass is 818 g/mol. The molecule has 0 radical (unpaired) electrons. The maximum absolute atomic E-state index is 16.3. The smallest absolute Gasteiger partial charge is 0.207 e. The van der Waals surface area contributed by atoms with Gasteiger partial charge in [-0.15, -0.1) is 0 Å². The van der Waals surface area contributed by atoms with Crippen molar-refractivity contribution in [2.75, 3.05) is 0 Å². The van der Waals surface area contributed by atoms with Crippen LogP contribution in [-0.4, -0.2) is 24.7 Å². The van der Waals surface area contributed by atoms with Crippen LogP contribution in [0.3, 0.4) is 0 Å². The highest BCUT2D eigenvalue weighted by Crippen LogP contribution is 2.69. The molecule has 0 amide bonds. The summed E-state index contributed by atoms with van der Waals surface area (Å²) in [6.45, 7) is 0. The van der Waals surface area contributed by atoms with Crippen molar-refractivity contribution >= 4 is 0 Å². The van der Waals surface area contributed by atoms with E-state index >= 15 is 26.3 Å². The molecule has 6 rings (SSSR count). The maximum Gasteiger partial charge on any atom is 0.411 e. The molecule has 0 saturated heterocycles. The van der Waals surface area contributed by atoms with Crippen molar-refractivity contribution in [3.63, 3.8) is 0 Å². The second kappa shape index (κ2) is 10.9. The molecule has 0 atom stereocenters. The van der Waals surface area contributed by atoms with Gasteiger partial charge < -0.3 is 0 Å². The molecule has 54 heavy (non-hydrogen) atoms. The molecule has 0 saturated carbocycles. The molecule has 2 aliphatic carbocycles. The number of fused-ring (bicyclic) bond motifs is 6. The van der Waals surface area contributed by atoms with Gasteiger partial charge in [0.05, 0.1) is 11.1 Å². The molecule has 0 aliphatic heterocycles. The van der Waals surface area contributed by atoms with Crippen molar-refractivity contribution in [2.45, 2.75) is 35.5 Å². The van der Waals surface area contributed by atoms with Crippen LogP contribution in [0.1, 0.15) is 22.3 Å². The molecular formula is C30H2F24. The van der Waals surface area contributed by atoms with E-state index in [1.165, 1.54) is 0 Å². The quantitative estimate of drug-likeness (QED) is 0.133. The fourth-order valence-electron chi connectivity index (χ4n) is 7.03. The fourth-order valence-corrected chi connectivity index (χ4v) is 7.03. The minimum absolute atomic E-state index is 1.04. The summed E-state index contributed by atoms with van der Waals surface area (Å²) in [4.78, 5) is 0. The van der Waals surface area contributed by atoms with E-state index in [0.717, 1.165) is 0 Å². The molecule has 4 aromatic carbocycles. The number of rotatable bonds is 1. The Hall–Kier alpha value is -4.80. The van der Waals surface area contributed by atoms with Gasteiger partial charge in [0.15, 0.2) is 46.5 Å². The normalized spacial score (nSPS) is 16.1. The van der Waals surface area contributed by atoms with Crippen LogP contribution in [0.5, 0.6) is 0 Å². The van der Waals surface area contributed by atoms with Crippen LogP contribution < -0.4 is 0 Å². The average Bonchev–Trinajstić information content (AvgIpc) is 3.54. The lowest BCUT2D eigenvalue weighted by Gasteiger charge is -2.37. The molecule has 0 fully saturated rings. The standard InChI is InChI=1S/C30H2F24/c31-3-1-5(33)17(35)7-9-15(25(13(3)7,27(43,44)45)28(46,47)48)19(37)11(23(41)21(9)39)12-20(38)16-10(22(40)24(12)42)8-14(4(32)2-6(34)18(8)36)26(16,29(49,50)51)30(52,53)54/h1-2H. The van der Waals surface area contributed by atoms with Gasteiger partial charge in [-0.05, 0) is 0 Å². The Kier molecular flexibility index (Phi) is 7.86. The van der Waals surface area contributed by atoms with Crippen LogP contribution in [0.4, 0.5) is 105 Å². The van der Waals surface area contributed by atoms with E-state index in [1.54, 1.807) is 0 Å². The molecule has 2 aliphatic rings. The highest BCUT2D eigenvalue weighted by atomic mass is 19.4. The molecule has 0 unspecified atom stereocenters. The summed E-state index contributed by atoms with van der Waals surface area (Å²) in [6.07, 6.45) is -29.6. The molecule has 290 valence electrons. The number of halogens is 24. The zero-order valence-electron chi connectivity index (χ0n) is 24.2. The summed E-state index contributed by atoms with van der Waals surface area (Å²) in [5, 5.41) is 0. The van der Waals surface area contributed by atoms with Crippen molar-refractivity contribution in [3.8, 4) is 33.4 Å². The second-order valence-electron chi connectivity index (χ2n) is 11.4. The number of hydrogen-bond acceptors (Lipinski definition) is 0. The summed E-state index contributed by atoms with van der Waals surface area (Å²) in [7, 11) is 0. The summed E-state index contributed by atoms with van der Waals surface area (Å²) in [6, 6.07) is -2.08. The Morgan fingerprint density at radius 3 is 0.722 bits per heavy atom. The number of hydrogen-bond donors (Lipinski definition) is 0. The molecule has 0 bridgehead atoms. The van der Waals surface area contributed by atoms with Gasteiger partial charge in [-0.2, -0.15) is 52.7 Å². The molecule has 24 heteroatoms. The summed E-state index contributed by atoms with van der Waals surface area (Å²) >= 11 is 0. The van der Waals surface area contributed by atoms with E-state index in [-0.39, 0.29) is 0 Å². The Morgan fingerprint density at radius 2 is 0.481 bits per heavy atom. The van der Waals surface area contributed by atoms with Gasteiger partial charge in [-0.25, -0.2) is 52.7 Å². The Bertz CT molecular complexity index is 2160. The SMILES string of the molecule is Fc1cc(F)c2c(c1F)-c1c(F)c(F)c(-c3c(F)c(F)c4c(c3F)C(C(F)(F)F)(C(F)(F)F)c3c(F)cc(F)c(F)c3-4)c(F)c1C2(C(F)(F)F)C(F)(F)F. The first-order chi connectivity index (χ1) is 24.4. The van der Waals surface area contributed by atoms with Crippen molar-refractivity contribution in [1.82, 2.24) is 0 Å². The second-order valence-corrected chi connectivity index (χ2v) is 11.4. The molecule has 0 aromatic heterocycles. The predicted molar refractivity (Wildman–Crippen MR) is 128 cm³/mol. The van der Waals surface area contributed by atoms with Crippen molar-refractivity contribution in [1.29, 1.82) is 0 Å². The van der Waals surface area contributed by atoms with Gasteiger partial charge in [0.2, 0.25) is 10.8 Å². The fraction of sp³-hybridized carbons (Fsp3) is 0.200. The Morgan fingerprint density at radius 1 is 0.259 bits per heavy atom. The third kappa shape index (κ3) is 4.18. The molecule has 4 aromatic rings. The lowest BCUT2D eigenvalue weighted by molar-refractivity contribution is -0.290. The minimum Gasteiger partial charge on any atom is -0.207 e. The number of benzene rings is 4. The number of alkyl halides is 12. The van der Waals surface area contributed by atoms with E-state index in [4.69, 9.17) is 0 Å². The third-order valence-electron chi connectivity index (χ3n) is 8.94. The zero-order chi connectivity index (χ0) is 41.1. The Labute approximate surface area is 279 Å². The summed E-state index contributed by atoms with van der Waals surface area (Å²) < 4.78 is 358. The molecule has 0 nitrogen and oxygen atoms in total. The van der Waals surface area contributed by atoms with Crippen molar-refractivity contribution in [2.24, 2.45) is 0 Å². The van der Waals surface area contributed by atoms with E-state index in [9.17, 15) is 79.0 Å². The first-order valence-electron chi connectivity index (χ1n) is 13.4. The van der Waals surface area contributed by atoms with Gasteiger partial charge in [0.25, 0.3) is 0 Å². The minimum atomic E-state index is -7.40. The van der Waals surface area contributed by atoms with E-state index in [1.807, 2.05) is 0 Å². The zero-order valence-corrected chi connectivity index (χ0v) is 24.2. The van der Waals surface area contributed by atoms with Crippen LogP contribution in [0.25, 0.3) is 33.4 Å². The van der Waals surface area contributed by atoms with Crippen LogP contribution in [0.2, 0.25) is 0 Å². The largest absolute Gasteiger partial charge is 0.411 e. The van der Waals surface area contributed by atoms with E-state index < -0.39 is 173 Å². The van der Waals surface area contributed by atoms with E-state index in [0.29, 0.717) is 0 Å². The van der Waals surface area contributed by atoms with Gasteiger partial charge in [-0.3, -0.25) is 0 Å². The van der Waals surface area contributed by atoms with Crippen LogP contribution in [-0.2, 0) is 10.8 Å². The van der Waals surface area contributed by atoms with Gasteiger partial charge in [0.1, 0.15) is 23.3 Å². The molecule has 0 N–H and O–H groups in total. The van der Waals surface area contributed by atoms with Crippen molar-refractivity contribution < 1.29 is 105 Å². The lowest BCUT2D eigenvalue weighted by atomic mass is 9.74. The van der Waals surface area contributed by atoms with Crippen LogP contribution in [0.15, 0.2) is 12.1 Å². The summed E-state index contributed by atoms with van der Waals surface area (Å²) in [5.41, 5.74) is -46.1. The maximum atomic E-state index is 16.3. The predicted octanol–water partition coefficient (Wildman–Crippen LogP) is 11.8. The lowest BCUT2D eigenvalue weighted by Crippen LogP contribution is -2.54. The van der Waals surface area contributed by atoms with Crippen LogP contribution >= 0.6 is 0 Å². The highest BCUT2D eigenvalue weighted by molar-refractivity contribution is 5.90. The third-order valence-corrected chi connectivity index (χ3v) is 8.94. The first kappa shape index (κ1) is 38.9. The highest BCUT2D eigenvalue weighted by Gasteiger charge is 2.80. The van der Waals surface area contributed by atoms with Crippen LogP contribution in [0, 0.1) is 69.8 Å². The summed E-state index contributed by atoms with van der Waals surface area (Å²) in [5.74, 6) is -40.4. The first-order valence-corrected chi connectivity index (χ1v) is 13.4. The van der Waals surface area contributed by atoms with Crippen molar-refractivity contribution in [3.05, 3.63) is 104 Å². The van der Waals surface area contributed by atoms with Gasteiger partial charge in [0, 0.05) is 56.6 Å². The van der Waals surface area contributed by atoms with Gasteiger partial charge in [-0.1, -0.05) is 0 Å². The molecular weight excluding hydrogens is 816 g/mol. The average molecular weight is 818 g/mol. The van der Waals surface area contributed by atoms with Gasteiger partial charge >= 0.3 is 24.7 Å². The topological polar surface area (TPSA) is 0 Å². The molecule has 0 heterocycles. The molecule has 0 spiro atoms. The van der Waals surface area contributed by atoms with E-state index in [2.05, 4.69) is 0 Å².